The molecule has 2 N–H and O–H groups in total. The van der Waals surface area contributed by atoms with Crippen LogP contribution in [0, 0.1) is 5.92 Å². The molecule has 0 saturated heterocycles. The molecule has 0 aliphatic rings. The highest BCUT2D eigenvalue weighted by Gasteiger charge is 2.15. The number of hydrogen-bond acceptors (Lipinski definition) is 4. The van der Waals surface area contributed by atoms with Crippen LogP contribution in [0.2, 0.25) is 0 Å². The van der Waals surface area contributed by atoms with E-state index in [1.807, 2.05) is 57.2 Å². The number of anilines is 1. The average molecular weight is 435 g/mol. The van der Waals surface area contributed by atoms with Gasteiger partial charge in [-0.15, -0.1) is 0 Å². The van der Waals surface area contributed by atoms with Crippen LogP contribution in [0.25, 0.3) is 11.0 Å². The van der Waals surface area contributed by atoms with Gasteiger partial charge in [-0.3, -0.25) is 19.0 Å². The molecule has 0 atom stereocenters. The molecule has 2 amide bonds. The Morgan fingerprint density at radius 3 is 2.59 bits per heavy atom. The van der Waals surface area contributed by atoms with Crippen molar-refractivity contribution in [2.45, 2.75) is 46.6 Å². The lowest BCUT2D eigenvalue weighted by molar-refractivity contribution is -0.121. The quantitative estimate of drug-likeness (QED) is 0.540. The molecule has 32 heavy (non-hydrogen) atoms. The fraction of sp³-hybridized carbons (Fsp3) is 0.360. The molecule has 3 aromatic rings. The standard InChI is InChI=1S/C25H30N4O3/c1-4-18-8-7-9-19(14-18)27-24(31)16-29-22-11-6-5-10-20(22)28-21(25(29)32)12-13-23(30)26-15-17(2)3/h5-11,14,17H,4,12-13,15-16H2,1-3H3,(H,26,30)(H,27,31). The van der Waals surface area contributed by atoms with E-state index in [-0.39, 0.29) is 42.5 Å². The number of carbonyl (C=O) groups excluding carboxylic acids is 2. The Labute approximate surface area is 187 Å². The summed E-state index contributed by atoms with van der Waals surface area (Å²) in [4.78, 5) is 42.5. The minimum atomic E-state index is -0.349. The van der Waals surface area contributed by atoms with Gasteiger partial charge in [0.1, 0.15) is 12.2 Å². The second-order valence-corrected chi connectivity index (χ2v) is 8.24. The van der Waals surface area contributed by atoms with E-state index in [2.05, 4.69) is 15.6 Å². The van der Waals surface area contributed by atoms with Gasteiger partial charge < -0.3 is 10.6 Å². The predicted octanol–water partition coefficient (Wildman–Crippen LogP) is 3.30. The third-order valence-electron chi connectivity index (χ3n) is 5.14. The minimum Gasteiger partial charge on any atom is -0.356 e. The van der Waals surface area contributed by atoms with E-state index in [9.17, 15) is 14.4 Å². The van der Waals surface area contributed by atoms with Gasteiger partial charge in [0.25, 0.3) is 5.56 Å². The highest BCUT2D eigenvalue weighted by molar-refractivity contribution is 5.91. The summed E-state index contributed by atoms with van der Waals surface area (Å²) < 4.78 is 1.43. The zero-order valence-corrected chi connectivity index (χ0v) is 18.9. The number of rotatable bonds is 9. The number of para-hydroxylation sites is 2. The molecule has 0 unspecified atom stereocenters. The maximum atomic E-state index is 13.1. The minimum absolute atomic E-state index is 0.117. The lowest BCUT2D eigenvalue weighted by Gasteiger charge is -2.13. The van der Waals surface area contributed by atoms with E-state index >= 15 is 0 Å². The van der Waals surface area contributed by atoms with Gasteiger partial charge in [0.15, 0.2) is 0 Å². The van der Waals surface area contributed by atoms with Crippen LogP contribution in [0.1, 0.15) is 38.4 Å². The van der Waals surface area contributed by atoms with Gasteiger partial charge >= 0.3 is 0 Å². The van der Waals surface area contributed by atoms with Gasteiger partial charge in [0, 0.05) is 25.1 Å². The lowest BCUT2D eigenvalue weighted by Crippen LogP contribution is -2.32. The first-order valence-corrected chi connectivity index (χ1v) is 11.0. The van der Waals surface area contributed by atoms with Crippen LogP contribution in [0.5, 0.6) is 0 Å². The summed E-state index contributed by atoms with van der Waals surface area (Å²) in [6.07, 6.45) is 1.25. The van der Waals surface area contributed by atoms with Crippen LogP contribution in [-0.2, 0) is 29.0 Å². The number of fused-ring (bicyclic) bond motifs is 1. The van der Waals surface area contributed by atoms with Gasteiger partial charge in [0.05, 0.1) is 11.0 Å². The first kappa shape index (κ1) is 23.2. The Morgan fingerprint density at radius 1 is 1.06 bits per heavy atom. The van der Waals surface area contributed by atoms with Gasteiger partial charge in [-0.25, -0.2) is 4.98 Å². The first-order chi connectivity index (χ1) is 15.4. The summed E-state index contributed by atoms with van der Waals surface area (Å²) in [5.74, 6) is -0.0583. The molecule has 0 aliphatic heterocycles. The fourth-order valence-electron chi connectivity index (χ4n) is 3.42. The topological polar surface area (TPSA) is 93.1 Å². The van der Waals surface area contributed by atoms with Crippen molar-refractivity contribution in [2.75, 3.05) is 11.9 Å². The lowest BCUT2D eigenvalue weighted by atomic mass is 10.1. The highest BCUT2D eigenvalue weighted by Crippen LogP contribution is 2.13. The molecular weight excluding hydrogens is 404 g/mol. The largest absolute Gasteiger partial charge is 0.356 e. The zero-order valence-electron chi connectivity index (χ0n) is 18.9. The monoisotopic (exact) mass is 434 g/mol. The van der Waals surface area contributed by atoms with Crippen LogP contribution in [-0.4, -0.2) is 27.9 Å². The summed E-state index contributed by atoms with van der Waals surface area (Å²) in [7, 11) is 0. The summed E-state index contributed by atoms with van der Waals surface area (Å²) >= 11 is 0. The Balaban J connectivity index is 1.82. The van der Waals surface area contributed by atoms with Crippen LogP contribution in [0.3, 0.4) is 0 Å². The normalized spacial score (nSPS) is 11.0. The summed E-state index contributed by atoms with van der Waals surface area (Å²) in [6, 6.07) is 14.9. The molecule has 0 spiro atoms. The van der Waals surface area contributed by atoms with Crippen molar-refractivity contribution in [3.05, 3.63) is 70.1 Å². The molecule has 0 radical (unpaired) electrons. The molecule has 0 bridgehead atoms. The van der Waals surface area contributed by atoms with E-state index < -0.39 is 0 Å². The van der Waals surface area contributed by atoms with Crippen molar-refractivity contribution in [1.82, 2.24) is 14.9 Å². The maximum absolute atomic E-state index is 13.1. The predicted molar refractivity (Wildman–Crippen MR) is 127 cm³/mol. The van der Waals surface area contributed by atoms with E-state index in [0.717, 1.165) is 12.0 Å². The van der Waals surface area contributed by atoms with Gasteiger partial charge in [-0.05, 0) is 42.2 Å². The van der Waals surface area contributed by atoms with Crippen LogP contribution in [0.15, 0.2) is 53.3 Å². The van der Waals surface area contributed by atoms with E-state index in [0.29, 0.717) is 29.2 Å². The molecule has 0 saturated carbocycles. The van der Waals surface area contributed by atoms with Crippen molar-refractivity contribution in [3.8, 4) is 0 Å². The second-order valence-electron chi connectivity index (χ2n) is 8.24. The second kappa shape index (κ2) is 10.7. The van der Waals surface area contributed by atoms with Crippen LogP contribution < -0.4 is 16.2 Å². The number of hydrogen-bond donors (Lipinski definition) is 2. The molecule has 7 nitrogen and oxygen atoms in total. The molecular formula is C25H30N4O3. The molecule has 168 valence electrons. The fourth-order valence-corrected chi connectivity index (χ4v) is 3.42. The Bertz CT molecular complexity index is 1170. The van der Waals surface area contributed by atoms with Crippen molar-refractivity contribution in [3.63, 3.8) is 0 Å². The van der Waals surface area contributed by atoms with Crippen LogP contribution >= 0.6 is 0 Å². The van der Waals surface area contributed by atoms with Crippen molar-refractivity contribution >= 4 is 28.5 Å². The molecule has 0 fully saturated rings. The summed E-state index contributed by atoms with van der Waals surface area (Å²) in [5, 5.41) is 5.72. The van der Waals surface area contributed by atoms with Crippen molar-refractivity contribution in [1.29, 1.82) is 0 Å². The molecule has 1 heterocycles. The summed E-state index contributed by atoms with van der Waals surface area (Å²) in [5.41, 5.74) is 2.95. The molecule has 7 heteroatoms. The number of benzene rings is 2. The van der Waals surface area contributed by atoms with Gasteiger partial charge in [-0.2, -0.15) is 0 Å². The number of nitrogens with zero attached hydrogens (tertiary/aromatic N) is 2. The molecule has 3 rings (SSSR count). The number of amides is 2. The molecule has 0 aliphatic carbocycles. The first-order valence-electron chi connectivity index (χ1n) is 11.0. The molecule has 2 aromatic carbocycles. The Kier molecular flexibility index (Phi) is 7.76. The number of aromatic nitrogens is 2. The summed E-state index contributed by atoms with van der Waals surface area (Å²) in [6.45, 7) is 6.55. The Morgan fingerprint density at radius 2 is 1.84 bits per heavy atom. The SMILES string of the molecule is CCc1cccc(NC(=O)Cn2c(=O)c(CCC(=O)NCC(C)C)nc3ccccc32)c1. The number of nitrogens with one attached hydrogen (secondary N) is 2. The van der Waals surface area contributed by atoms with Crippen molar-refractivity contribution < 1.29 is 9.59 Å². The third kappa shape index (κ3) is 6.03. The number of carbonyl (C=O) groups is 2. The van der Waals surface area contributed by atoms with E-state index in [1.54, 1.807) is 12.1 Å². The number of aryl methyl sites for hydroxylation is 2. The third-order valence-corrected chi connectivity index (χ3v) is 5.14. The average Bonchev–Trinajstić information content (AvgIpc) is 2.78. The molecule has 1 aromatic heterocycles. The van der Waals surface area contributed by atoms with Crippen molar-refractivity contribution in [2.24, 2.45) is 5.92 Å². The van der Waals surface area contributed by atoms with Crippen LogP contribution in [0.4, 0.5) is 5.69 Å². The highest BCUT2D eigenvalue weighted by atomic mass is 16.2. The zero-order chi connectivity index (χ0) is 23.1. The Hall–Kier alpha value is -3.48. The van der Waals surface area contributed by atoms with Gasteiger partial charge in [-0.1, -0.05) is 45.0 Å². The van der Waals surface area contributed by atoms with E-state index in [4.69, 9.17) is 0 Å². The van der Waals surface area contributed by atoms with Gasteiger partial charge in [0.2, 0.25) is 11.8 Å². The maximum Gasteiger partial charge on any atom is 0.273 e. The smallest absolute Gasteiger partial charge is 0.273 e. The van der Waals surface area contributed by atoms with E-state index in [1.165, 1.54) is 4.57 Å².